The number of aromatic nitrogens is 3. The van der Waals surface area contributed by atoms with Gasteiger partial charge in [0.1, 0.15) is 17.1 Å². The van der Waals surface area contributed by atoms with Crippen LogP contribution >= 0.6 is 0 Å². The predicted octanol–water partition coefficient (Wildman–Crippen LogP) is 4.95. The molecule has 6 nitrogen and oxygen atoms in total. The fraction of sp³-hybridized carbons (Fsp3) is 0.296. The largest absolute Gasteiger partial charge is 0.494 e. The number of imidazole rings is 1. The minimum absolute atomic E-state index is 0.0202. The second-order valence-electron chi connectivity index (χ2n) is 7.87. The van der Waals surface area contributed by atoms with Crippen molar-refractivity contribution in [1.29, 1.82) is 0 Å². The zero-order chi connectivity index (χ0) is 23.2. The molecule has 0 unspecified atom stereocenters. The smallest absolute Gasteiger partial charge is 0.256 e. The van der Waals surface area contributed by atoms with Crippen LogP contribution in [-0.4, -0.2) is 45.0 Å². The molecule has 0 radical (unpaired) electrons. The van der Waals surface area contributed by atoms with Gasteiger partial charge in [-0.05, 0) is 68.3 Å². The van der Waals surface area contributed by atoms with E-state index in [2.05, 4.69) is 21.7 Å². The molecule has 0 saturated carbocycles. The third-order valence-electron chi connectivity index (χ3n) is 5.83. The molecule has 6 heteroatoms. The molecule has 0 aliphatic heterocycles. The molecule has 0 fully saturated rings. The molecule has 170 valence electrons. The first-order chi connectivity index (χ1) is 16.1. The van der Waals surface area contributed by atoms with Gasteiger partial charge in [-0.2, -0.15) is 0 Å². The molecule has 0 atom stereocenters. The first kappa shape index (κ1) is 22.5. The third kappa shape index (κ3) is 4.90. The van der Waals surface area contributed by atoms with Crippen molar-refractivity contribution in [2.45, 2.75) is 33.7 Å². The molecule has 0 aliphatic rings. The summed E-state index contributed by atoms with van der Waals surface area (Å²) in [7, 11) is 0. The van der Waals surface area contributed by atoms with Crippen LogP contribution in [-0.2, 0) is 13.0 Å². The van der Waals surface area contributed by atoms with Gasteiger partial charge in [0.25, 0.3) is 5.91 Å². The number of ether oxygens (including phenoxy) is 1. The number of hydrogen-bond acceptors (Lipinski definition) is 4. The van der Waals surface area contributed by atoms with E-state index in [0.29, 0.717) is 38.2 Å². The van der Waals surface area contributed by atoms with Gasteiger partial charge in [0.15, 0.2) is 0 Å². The van der Waals surface area contributed by atoms with Crippen LogP contribution in [0.25, 0.3) is 11.0 Å². The van der Waals surface area contributed by atoms with Crippen molar-refractivity contribution in [3.05, 3.63) is 89.5 Å². The number of carbonyl (C=O) groups is 1. The van der Waals surface area contributed by atoms with Gasteiger partial charge in [-0.3, -0.25) is 9.78 Å². The van der Waals surface area contributed by atoms with Crippen molar-refractivity contribution in [3.8, 4) is 5.75 Å². The van der Waals surface area contributed by atoms with Crippen LogP contribution in [0.1, 0.15) is 48.1 Å². The number of amides is 1. The highest BCUT2D eigenvalue weighted by molar-refractivity contribution is 6.05. The van der Waals surface area contributed by atoms with Crippen LogP contribution in [0.5, 0.6) is 5.75 Å². The lowest BCUT2D eigenvalue weighted by Gasteiger charge is -2.18. The van der Waals surface area contributed by atoms with Crippen LogP contribution in [0.4, 0.5) is 0 Å². The summed E-state index contributed by atoms with van der Waals surface area (Å²) in [5.74, 6) is 1.80. The highest BCUT2D eigenvalue weighted by Gasteiger charge is 2.20. The molecule has 2 heterocycles. The molecule has 4 rings (SSSR count). The molecule has 0 aliphatic carbocycles. The van der Waals surface area contributed by atoms with E-state index >= 15 is 0 Å². The van der Waals surface area contributed by atoms with E-state index in [4.69, 9.17) is 9.72 Å². The van der Waals surface area contributed by atoms with Crippen LogP contribution in [0.2, 0.25) is 0 Å². The molecular formula is C27H30N4O2. The first-order valence-electron chi connectivity index (χ1n) is 11.5. The van der Waals surface area contributed by atoms with E-state index in [-0.39, 0.29) is 5.91 Å². The Morgan fingerprint density at radius 1 is 0.939 bits per heavy atom. The lowest BCUT2D eigenvalue weighted by atomic mass is 10.1. The minimum atomic E-state index is 0.0202. The fourth-order valence-corrected chi connectivity index (χ4v) is 4.08. The third-order valence-corrected chi connectivity index (χ3v) is 5.83. The van der Waals surface area contributed by atoms with Gasteiger partial charge >= 0.3 is 0 Å². The fourth-order valence-electron chi connectivity index (χ4n) is 4.08. The quantitative estimate of drug-likeness (QED) is 0.368. The average molecular weight is 443 g/mol. The number of pyridine rings is 1. The van der Waals surface area contributed by atoms with E-state index < -0.39 is 0 Å². The molecule has 2 aromatic carbocycles. The second-order valence-corrected chi connectivity index (χ2v) is 7.87. The highest BCUT2D eigenvalue weighted by atomic mass is 16.5. The molecule has 0 spiro atoms. The number of benzene rings is 2. The Morgan fingerprint density at radius 3 is 2.33 bits per heavy atom. The molecule has 2 aromatic heterocycles. The standard InChI is InChI=1S/C27H30N4O2/c1-4-30(5-2)27(32)23-8-7-9-24-26(23)29-25(31(24)19-21-14-16-28-17-15-21)18-20-10-12-22(13-11-20)33-6-3/h7-17H,4-6,18-19H2,1-3H3. The zero-order valence-electron chi connectivity index (χ0n) is 19.5. The van der Waals surface area contributed by atoms with E-state index in [1.807, 2.05) is 68.1 Å². The normalized spacial score (nSPS) is 11.0. The molecular weight excluding hydrogens is 412 g/mol. The second kappa shape index (κ2) is 10.3. The van der Waals surface area contributed by atoms with E-state index in [9.17, 15) is 4.79 Å². The van der Waals surface area contributed by atoms with Gasteiger partial charge in [-0.1, -0.05) is 18.2 Å². The summed E-state index contributed by atoms with van der Waals surface area (Å²) in [5, 5.41) is 0. The monoisotopic (exact) mass is 442 g/mol. The first-order valence-corrected chi connectivity index (χ1v) is 11.5. The highest BCUT2D eigenvalue weighted by Crippen LogP contribution is 2.25. The zero-order valence-corrected chi connectivity index (χ0v) is 19.5. The maximum absolute atomic E-state index is 13.2. The van der Waals surface area contributed by atoms with Gasteiger partial charge in [0.05, 0.1) is 17.7 Å². The summed E-state index contributed by atoms with van der Waals surface area (Å²) >= 11 is 0. The average Bonchev–Trinajstić information content (AvgIpc) is 3.18. The van der Waals surface area contributed by atoms with Gasteiger partial charge in [0, 0.05) is 38.4 Å². The summed E-state index contributed by atoms with van der Waals surface area (Å²) in [6, 6.07) is 18.0. The Labute approximate surface area is 194 Å². The van der Waals surface area contributed by atoms with Gasteiger partial charge < -0.3 is 14.2 Å². The van der Waals surface area contributed by atoms with E-state index in [1.165, 1.54) is 0 Å². The number of hydrogen-bond donors (Lipinski definition) is 0. The van der Waals surface area contributed by atoms with Gasteiger partial charge in [-0.25, -0.2) is 4.98 Å². The maximum Gasteiger partial charge on any atom is 0.256 e. The van der Waals surface area contributed by atoms with Crippen molar-refractivity contribution in [2.75, 3.05) is 19.7 Å². The number of nitrogens with zero attached hydrogens (tertiary/aromatic N) is 4. The van der Waals surface area contributed by atoms with Gasteiger partial charge in [0.2, 0.25) is 0 Å². The van der Waals surface area contributed by atoms with Crippen molar-refractivity contribution in [1.82, 2.24) is 19.4 Å². The summed E-state index contributed by atoms with van der Waals surface area (Å²) in [5.41, 5.74) is 4.65. The van der Waals surface area contributed by atoms with Crippen LogP contribution in [0.15, 0.2) is 67.0 Å². The Morgan fingerprint density at radius 2 is 1.67 bits per heavy atom. The van der Waals surface area contributed by atoms with Crippen molar-refractivity contribution >= 4 is 16.9 Å². The Kier molecular flexibility index (Phi) is 7.03. The summed E-state index contributed by atoms with van der Waals surface area (Å²) in [4.78, 5) is 24.2. The number of carbonyl (C=O) groups excluding carboxylic acids is 1. The van der Waals surface area contributed by atoms with Crippen LogP contribution in [0.3, 0.4) is 0 Å². The maximum atomic E-state index is 13.2. The predicted molar refractivity (Wildman–Crippen MR) is 131 cm³/mol. The Hall–Kier alpha value is -3.67. The van der Waals surface area contributed by atoms with Crippen molar-refractivity contribution in [2.24, 2.45) is 0 Å². The molecule has 0 N–H and O–H groups in total. The lowest BCUT2D eigenvalue weighted by Crippen LogP contribution is -2.30. The van der Waals surface area contributed by atoms with Gasteiger partial charge in [-0.15, -0.1) is 0 Å². The number of fused-ring (bicyclic) bond motifs is 1. The van der Waals surface area contributed by atoms with Crippen LogP contribution < -0.4 is 4.74 Å². The number of para-hydroxylation sites is 1. The Balaban J connectivity index is 1.78. The lowest BCUT2D eigenvalue weighted by molar-refractivity contribution is 0.0775. The van der Waals surface area contributed by atoms with Crippen molar-refractivity contribution < 1.29 is 9.53 Å². The van der Waals surface area contributed by atoms with Crippen molar-refractivity contribution in [3.63, 3.8) is 0 Å². The minimum Gasteiger partial charge on any atom is -0.494 e. The van der Waals surface area contributed by atoms with Crippen LogP contribution in [0, 0.1) is 0 Å². The van der Waals surface area contributed by atoms with E-state index in [0.717, 1.165) is 33.7 Å². The summed E-state index contributed by atoms with van der Waals surface area (Å²) < 4.78 is 7.79. The molecule has 0 bridgehead atoms. The molecule has 1 amide bonds. The Bertz CT molecular complexity index is 1210. The molecule has 0 saturated heterocycles. The van der Waals surface area contributed by atoms with E-state index in [1.54, 1.807) is 12.4 Å². The topological polar surface area (TPSA) is 60.2 Å². The summed E-state index contributed by atoms with van der Waals surface area (Å²) in [6.07, 6.45) is 4.26. The molecule has 33 heavy (non-hydrogen) atoms. The summed E-state index contributed by atoms with van der Waals surface area (Å²) in [6.45, 7) is 8.62. The molecule has 4 aromatic rings. The number of rotatable bonds is 9. The SMILES string of the molecule is CCOc1ccc(Cc2nc3c(C(=O)N(CC)CC)cccc3n2Cc2ccncc2)cc1.